The van der Waals surface area contributed by atoms with Crippen molar-refractivity contribution in [2.24, 2.45) is 5.73 Å². The predicted octanol–water partition coefficient (Wildman–Crippen LogP) is 3.05. The molecule has 1 aromatic carbocycles. The van der Waals surface area contributed by atoms with Crippen molar-refractivity contribution in [2.45, 2.75) is 37.6 Å². The highest BCUT2D eigenvalue weighted by atomic mass is 19.3. The average Bonchev–Trinajstić information content (AvgIpc) is 2.59. The third-order valence-electron chi connectivity index (χ3n) is 3.09. The topological polar surface area (TPSA) is 26.0 Å². The van der Waals surface area contributed by atoms with E-state index >= 15 is 0 Å². The SMILES string of the molecule is NCc1ccc(C2CCC(F)(F)C2)cc1. The molecule has 0 aliphatic heterocycles. The van der Waals surface area contributed by atoms with Crippen molar-refractivity contribution in [2.75, 3.05) is 0 Å². The van der Waals surface area contributed by atoms with E-state index in [0.717, 1.165) is 11.1 Å². The average molecular weight is 211 g/mol. The van der Waals surface area contributed by atoms with E-state index in [1.807, 2.05) is 24.3 Å². The van der Waals surface area contributed by atoms with Crippen molar-refractivity contribution in [3.8, 4) is 0 Å². The Morgan fingerprint density at radius 2 is 1.93 bits per heavy atom. The Labute approximate surface area is 88.3 Å². The predicted molar refractivity (Wildman–Crippen MR) is 55.9 cm³/mol. The van der Waals surface area contributed by atoms with Crippen molar-refractivity contribution < 1.29 is 8.78 Å². The molecular weight excluding hydrogens is 196 g/mol. The van der Waals surface area contributed by atoms with Gasteiger partial charge in [0.15, 0.2) is 0 Å². The van der Waals surface area contributed by atoms with Crippen molar-refractivity contribution in [1.29, 1.82) is 0 Å². The van der Waals surface area contributed by atoms with Gasteiger partial charge in [-0.3, -0.25) is 0 Å². The summed E-state index contributed by atoms with van der Waals surface area (Å²) in [5, 5.41) is 0. The van der Waals surface area contributed by atoms with Gasteiger partial charge in [0.1, 0.15) is 0 Å². The van der Waals surface area contributed by atoms with Gasteiger partial charge < -0.3 is 5.73 Å². The van der Waals surface area contributed by atoms with Gasteiger partial charge in [-0.1, -0.05) is 24.3 Å². The van der Waals surface area contributed by atoms with Gasteiger partial charge in [-0.25, -0.2) is 8.78 Å². The van der Waals surface area contributed by atoms with E-state index in [1.165, 1.54) is 0 Å². The molecule has 1 atom stereocenters. The second-order valence-electron chi connectivity index (χ2n) is 4.24. The molecule has 1 aliphatic carbocycles. The molecule has 1 aliphatic rings. The van der Waals surface area contributed by atoms with Crippen LogP contribution in [0, 0.1) is 0 Å². The fourth-order valence-corrected chi connectivity index (χ4v) is 2.16. The van der Waals surface area contributed by atoms with E-state index in [2.05, 4.69) is 0 Å². The van der Waals surface area contributed by atoms with Gasteiger partial charge in [-0.2, -0.15) is 0 Å². The zero-order valence-corrected chi connectivity index (χ0v) is 8.55. The standard InChI is InChI=1S/C12H15F2N/c13-12(14)6-5-11(7-12)10-3-1-9(8-15)2-4-10/h1-4,11H,5-8,15H2. The number of hydrogen-bond donors (Lipinski definition) is 1. The number of nitrogens with two attached hydrogens (primary N) is 1. The van der Waals surface area contributed by atoms with E-state index in [-0.39, 0.29) is 18.8 Å². The first-order chi connectivity index (χ1) is 7.11. The van der Waals surface area contributed by atoms with E-state index in [9.17, 15) is 8.78 Å². The van der Waals surface area contributed by atoms with Gasteiger partial charge >= 0.3 is 0 Å². The van der Waals surface area contributed by atoms with Crippen LogP contribution in [-0.4, -0.2) is 5.92 Å². The maximum atomic E-state index is 13.0. The Morgan fingerprint density at radius 3 is 2.40 bits per heavy atom. The van der Waals surface area contributed by atoms with E-state index in [0.29, 0.717) is 13.0 Å². The molecule has 2 N–H and O–H groups in total. The number of hydrogen-bond acceptors (Lipinski definition) is 1. The minimum Gasteiger partial charge on any atom is -0.326 e. The summed E-state index contributed by atoms with van der Waals surface area (Å²) in [6.45, 7) is 0.501. The molecular formula is C12H15F2N. The molecule has 1 nitrogen and oxygen atoms in total. The highest BCUT2D eigenvalue weighted by molar-refractivity contribution is 5.26. The first-order valence-corrected chi connectivity index (χ1v) is 5.27. The molecule has 1 fully saturated rings. The molecule has 0 spiro atoms. The van der Waals surface area contributed by atoms with Gasteiger partial charge in [0.05, 0.1) is 0 Å². The highest BCUT2D eigenvalue weighted by Crippen LogP contribution is 2.44. The van der Waals surface area contributed by atoms with Crippen molar-refractivity contribution >= 4 is 0 Å². The summed E-state index contributed by atoms with van der Waals surface area (Å²) >= 11 is 0. The quantitative estimate of drug-likeness (QED) is 0.799. The molecule has 0 bridgehead atoms. The smallest absolute Gasteiger partial charge is 0.248 e. The third-order valence-corrected chi connectivity index (χ3v) is 3.09. The fourth-order valence-electron chi connectivity index (χ4n) is 2.16. The van der Waals surface area contributed by atoms with Crippen LogP contribution in [0.1, 0.15) is 36.3 Å². The van der Waals surface area contributed by atoms with Crippen LogP contribution in [-0.2, 0) is 6.54 Å². The Morgan fingerprint density at radius 1 is 1.27 bits per heavy atom. The van der Waals surface area contributed by atoms with Gasteiger partial charge in [0, 0.05) is 19.4 Å². The van der Waals surface area contributed by atoms with Crippen molar-refractivity contribution in [1.82, 2.24) is 0 Å². The Bertz CT molecular complexity index is 332. The van der Waals surface area contributed by atoms with Gasteiger partial charge in [0.25, 0.3) is 0 Å². The van der Waals surface area contributed by atoms with Crippen LogP contribution < -0.4 is 5.73 Å². The third kappa shape index (κ3) is 2.34. The van der Waals surface area contributed by atoms with Crippen LogP contribution in [0.2, 0.25) is 0 Å². The van der Waals surface area contributed by atoms with Crippen LogP contribution in [0.3, 0.4) is 0 Å². The molecule has 1 unspecified atom stereocenters. The summed E-state index contributed by atoms with van der Waals surface area (Å²) in [7, 11) is 0. The lowest BCUT2D eigenvalue weighted by Crippen LogP contribution is -2.09. The van der Waals surface area contributed by atoms with Gasteiger partial charge in [0.2, 0.25) is 5.92 Å². The first-order valence-electron chi connectivity index (χ1n) is 5.27. The minimum absolute atomic E-state index is 0.00499. The minimum atomic E-state index is -2.46. The summed E-state index contributed by atoms with van der Waals surface area (Å²) in [4.78, 5) is 0. The summed E-state index contributed by atoms with van der Waals surface area (Å²) in [5.41, 5.74) is 7.54. The zero-order valence-electron chi connectivity index (χ0n) is 8.55. The first kappa shape index (κ1) is 10.6. The van der Waals surface area contributed by atoms with Crippen LogP contribution in [0.15, 0.2) is 24.3 Å². The number of halogens is 2. The highest BCUT2D eigenvalue weighted by Gasteiger charge is 2.39. The number of rotatable bonds is 2. The molecule has 0 saturated heterocycles. The lowest BCUT2D eigenvalue weighted by Gasteiger charge is -2.11. The fraction of sp³-hybridized carbons (Fsp3) is 0.500. The molecule has 0 heterocycles. The molecule has 2 rings (SSSR count). The number of alkyl halides is 2. The van der Waals surface area contributed by atoms with E-state index < -0.39 is 5.92 Å². The molecule has 82 valence electrons. The normalized spacial score (nSPS) is 24.3. The number of benzene rings is 1. The lowest BCUT2D eigenvalue weighted by molar-refractivity contribution is 0.00777. The van der Waals surface area contributed by atoms with Crippen molar-refractivity contribution in [3.05, 3.63) is 35.4 Å². The van der Waals surface area contributed by atoms with Crippen LogP contribution in [0.5, 0.6) is 0 Å². The molecule has 15 heavy (non-hydrogen) atoms. The van der Waals surface area contributed by atoms with E-state index in [4.69, 9.17) is 5.73 Å². The molecule has 1 aromatic rings. The summed E-state index contributed by atoms with van der Waals surface area (Å²) in [6, 6.07) is 7.69. The van der Waals surface area contributed by atoms with Crippen LogP contribution >= 0.6 is 0 Å². The second kappa shape index (κ2) is 3.89. The molecule has 0 amide bonds. The zero-order chi connectivity index (χ0) is 10.9. The second-order valence-corrected chi connectivity index (χ2v) is 4.24. The molecule has 1 saturated carbocycles. The van der Waals surface area contributed by atoms with Crippen molar-refractivity contribution in [3.63, 3.8) is 0 Å². The molecule has 3 heteroatoms. The molecule has 0 radical (unpaired) electrons. The summed E-state index contributed by atoms with van der Waals surface area (Å²) in [6.07, 6.45) is 0.611. The summed E-state index contributed by atoms with van der Waals surface area (Å²) in [5.74, 6) is -2.44. The van der Waals surface area contributed by atoms with Gasteiger partial charge in [-0.15, -0.1) is 0 Å². The van der Waals surface area contributed by atoms with Gasteiger partial charge in [-0.05, 0) is 23.5 Å². The van der Waals surface area contributed by atoms with E-state index in [1.54, 1.807) is 0 Å². The summed E-state index contributed by atoms with van der Waals surface area (Å²) < 4.78 is 26.0. The monoisotopic (exact) mass is 211 g/mol. The van der Waals surface area contributed by atoms with Crippen LogP contribution in [0.4, 0.5) is 8.78 Å². The van der Waals surface area contributed by atoms with Crippen LogP contribution in [0.25, 0.3) is 0 Å². The Balaban J connectivity index is 2.11. The maximum absolute atomic E-state index is 13.0. The Kier molecular flexibility index (Phi) is 2.74. The largest absolute Gasteiger partial charge is 0.326 e. The lowest BCUT2D eigenvalue weighted by atomic mass is 9.96. The Hall–Kier alpha value is -0.960. The molecule has 0 aromatic heterocycles. The maximum Gasteiger partial charge on any atom is 0.248 e.